The zero-order valence-corrected chi connectivity index (χ0v) is 10.5. The summed E-state index contributed by atoms with van der Waals surface area (Å²) < 4.78 is 39.8. The van der Waals surface area contributed by atoms with Crippen molar-refractivity contribution in [2.24, 2.45) is 0 Å². The highest BCUT2D eigenvalue weighted by Crippen LogP contribution is 2.26. The van der Waals surface area contributed by atoms with Crippen molar-refractivity contribution in [2.45, 2.75) is 13.3 Å². The number of alkyl halides is 3. The summed E-state index contributed by atoms with van der Waals surface area (Å²) in [5.74, 6) is -0.283. The number of nitrogens with zero attached hydrogens (tertiary/aromatic N) is 2. The molecule has 0 saturated carbocycles. The summed E-state index contributed by atoms with van der Waals surface area (Å²) in [7, 11) is 0. The van der Waals surface area contributed by atoms with Crippen molar-refractivity contribution < 1.29 is 17.9 Å². The fraction of sp³-hybridized carbons (Fsp3) is 0.167. The quantitative estimate of drug-likeness (QED) is 0.837. The van der Waals surface area contributed by atoms with E-state index in [1.54, 1.807) is 13.0 Å². The van der Waals surface area contributed by atoms with Crippen LogP contribution in [-0.2, 0) is 0 Å². The first-order valence-corrected chi connectivity index (χ1v) is 5.59. The fourth-order valence-corrected chi connectivity index (χ4v) is 1.53. The lowest BCUT2D eigenvalue weighted by Gasteiger charge is -2.09. The molecule has 0 spiro atoms. The molecule has 0 atom stereocenters. The van der Waals surface area contributed by atoms with Gasteiger partial charge in [-0.2, -0.15) is 0 Å². The van der Waals surface area contributed by atoms with Crippen molar-refractivity contribution in [3.8, 4) is 17.0 Å². The van der Waals surface area contributed by atoms with Gasteiger partial charge < -0.3 is 4.74 Å². The first-order chi connectivity index (χ1) is 8.85. The molecule has 3 nitrogen and oxygen atoms in total. The molecule has 1 heterocycles. The lowest BCUT2D eigenvalue weighted by Crippen LogP contribution is -2.16. The van der Waals surface area contributed by atoms with Crippen molar-refractivity contribution in [1.82, 2.24) is 10.2 Å². The number of aromatic nitrogens is 2. The highest BCUT2D eigenvalue weighted by atomic mass is 35.5. The third-order valence-corrected chi connectivity index (χ3v) is 2.68. The number of benzene rings is 1. The predicted octanol–water partition coefficient (Wildman–Crippen LogP) is 4.00. The standard InChI is InChI=1S/C12H8ClF3N2O/c1-7-6-10(17-18-11(7)13)8-2-4-9(5-3-8)19-12(14,15)16/h2-6H,1H3. The van der Waals surface area contributed by atoms with Crippen LogP contribution in [0.3, 0.4) is 0 Å². The van der Waals surface area contributed by atoms with E-state index < -0.39 is 6.36 Å². The Labute approximate surface area is 112 Å². The molecule has 0 saturated heterocycles. The lowest BCUT2D eigenvalue weighted by atomic mass is 10.1. The monoisotopic (exact) mass is 288 g/mol. The van der Waals surface area contributed by atoms with Gasteiger partial charge in [0.1, 0.15) is 5.75 Å². The van der Waals surface area contributed by atoms with E-state index in [0.29, 0.717) is 16.4 Å². The molecular weight excluding hydrogens is 281 g/mol. The number of hydrogen-bond acceptors (Lipinski definition) is 3. The van der Waals surface area contributed by atoms with Gasteiger partial charge in [-0.1, -0.05) is 11.6 Å². The van der Waals surface area contributed by atoms with Gasteiger partial charge in [0.15, 0.2) is 5.15 Å². The first-order valence-electron chi connectivity index (χ1n) is 5.21. The minimum atomic E-state index is -4.70. The SMILES string of the molecule is Cc1cc(-c2ccc(OC(F)(F)F)cc2)nnc1Cl. The topological polar surface area (TPSA) is 35.0 Å². The summed E-state index contributed by atoms with van der Waals surface area (Å²) in [6, 6.07) is 7.08. The Morgan fingerprint density at radius 1 is 1.11 bits per heavy atom. The van der Waals surface area contributed by atoms with Gasteiger partial charge >= 0.3 is 6.36 Å². The van der Waals surface area contributed by atoms with Gasteiger partial charge in [0.2, 0.25) is 0 Å². The average Bonchev–Trinajstić information content (AvgIpc) is 2.32. The maximum atomic E-state index is 12.0. The summed E-state index contributed by atoms with van der Waals surface area (Å²) in [4.78, 5) is 0. The molecule has 19 heavy (non-hydrogen) atoms. The number of halogens is 4. The Balaban J connectivity index is 2.25. The zero-order valence-electron chi connectivity index (χ0n) is 9.70. The van der Waals surface area contributed by atoms with E-state index in [2.05, 4.69) is 14.9 Å². The van der Waals surface area contributed by atoms with Crippen LogP contribution in [0.25, 0.3) is 11.3 Å². The van der Waals surface area contributed by atoms with Gasteiger partial charge in [-0.25, -0.2) is 0 Å². The predicted molar refractivity (Wildman–Crippen MR) is 63.9 cm³/mol. The van der Waals surface area contributed by atoms with E-state index in [0.717, 1.165) is 5.56 Å². The second kappa shape index (κ2) is 5.05. The van der Waals surface area contributed by atoms with Crippen LogP contribution in [-0.4, -0.2) is 16.6 Å². The van der Waals surface area contributed by atoms with Crippen molar-refractivity contribution in [1.29, 1.82) is 0 Å². The van der Waals surface area contributed by atoms with Crippen molar-refractivity contribution in [2.75, 3.05) is 0 Å². The Morgan fingerprint density at radius 3 is 2.26 bits per heavy atom. The van der Waals surface area contributed by atoms with Gasteiger partial charge in [-0.15, -0.1) is 23.4 Å². The second-order valence-electron chi connectivity index (χ2n) is 3.78. The third-order valence-electron chi connectivity index (χ3n) is 2.31. The van der Waals surface area contributed by atoms with Crippen molar-refractivity contribution >= 4 is 11.6 Å². The van der Waals surface area contributed by atoms with Crippen molar-refractivity contribution in [3.05, 3.63) is 41.0 Å². The Morgan fingerprint density at radius 2 is 1.74 bits per heavy atom. The van der Waals surface area contributed by atoms with Crippen LogP contribution in [0.5, 0.6) is 5.75 Å². The maximum Gasteiger partial charge on any atom is 0.573 e. The van der Waals surface area contributed by atoms with Gasteiger partial charge in [0, 0.05) is 5.56 Å². The van der Waals surface area contributed by atoms with Crippen LogP contribution in [0.1, 0.15) is 5.56 Å². The van der Waals surface area contributed by atoms with Crippen LogP contribution in [0.4, 0.5) is 13.2 Å². The van der Waals surface area contributed by atoms with E-state index in [1.165, 1.54) is 24.3 Å². The Bertz CT molecular complexity index is 585. The summed E-state index contributed by atoms with van der Waals surface area (Å²) in [6.45, 7) is 1.77. The smallest absolute Gasteiger partial charge is 0.406 e. The molecular formula is C12H8ClF3N2O. The molecule has 0 aliphatic heterocycles. The molecule has 1 aromatic heterocycles. The molecule has 2 rings (SSSR count). The van der Waals surface area contributed by atoms with Gasteiger partial charge in [0.25, 0.3) is 0 Å². The summed E-state index contributed by atoms with van der Waals surface area (Å²) in [6.07, 6.45) is -4.70. The number of aryl methyl sites for hydroxylation is 1. The average molecular weight is 289 g/mol. The van der Waals surface area contributed by atoms with Crippen molar-refractivity contribution in [3.63, 3.8) is 0 Å². The van der Waals surface area contributed by atoms with E-state index in [9.17, 15) is 13.2 Å². The van der Waals surface area contributed by atoms with Gasteiger partial charge in [-0.05, 0) is 42.8 Å². The van der Waals surface area contributed by atoms with E-state index in [-0.39, 0.29) is 5.75 Å². The number of ether oxygens (including phenoxy) is 1. The highest BCUT2D eigenvalue weighted by molar-refractivity contribution is 6.30. The zero-order chi connectivity index (χ0) is 14.0. The summed E-state index contributed by atoms with van der Waals surface area (Å²) in [5.41, 5.74) is 1.89. The summed E-state index contributed by atoms with van der Waals surface area (Å²) >= 11 is 5.75. The normalized spacial score (nSPS) is 11.4. The van der Waals surface area contributed by atoms with Crippen LogP contribution in [0, 0.1) is 6.92 Å². The molecule has 0 unspecified atom stereocenters. The van der Waals surface area contributed by atoms with Crippen LogP contribution < -0.4 is 4.74 Å². The molecule has 0 radical (unpaired) electrons. The van der Waals surface area contributed by atoms with Gasteiger partial charge in [-0.3, -0.25) is 0 Å². The largest absolute Gasteiger partial charge is 0.573 e. The molecule has 0 aliphatic carbocycles. The third kappa shape index (κ3) is 3.57. The molecule has 7 heteroatoms. The molecule has 0 bridgehead atoms. The molecule has 0 aliphatic rings. The van der Waals surface area contributed by atoms with Crippen LogP contribution >= 0.6 is 11.6 Å². The van der Waals surface area contributed by atoms with E-state index in [4.69, 9.17) is 11.6 Å². The molecule has 100 valence electrons. The minimum Gasteiger partial charge on any atom is -0.406 e. The molecule has 1 aromatic carbocycles. The lowest BCUT2D eigenvalue weighted by molar-refractivity contribution is -0.274. The van der Waals surface area contributed by atoms with E-state index >= 15 is 0 Å². The Kier molecular flexibility index (Phi) is 3.61. The van der Waals surface area contributed by atoms with Gasteiger partial charge in [0.05, 0.1) is 5.69 Å². The number of rotatable bonds is 2. The Hall–Kier alpha value is -1.82. The molecule has 2 aromatic rings. The van der Waals surface area contributed by atoms with Crippen LogP contribution in [0.2, 0.25) is 5.15 Å². The van der Waals surface area contributed by atoms with E-state index in [1.807, 2.05) is 0 Å². The number of hydrogen-bond donors (Lipinski definition) is 0. The maximum absolute atomic E-state index is 12.0. The fourth-order valence-electron chi connectivity index (χ4n) is 1.44. The second-order valence-corrected chi connectivity index (χ2v) is 4.13. The molecule has 0 fully saturated rings. The molecule has 0 amide bonds. The summed E-state index contributed by atoms with van der Waals surface area (Å²) in [5, 5.41) is 7.90. The minimum absolute atomic E-state index is 0.283. The first kappa shape index (κ1) is 13.6. The highest BCUT2D eigenvalue weighted by Gasteiger charge is 2.30. The van der Waals surface area contributed by atoms with Crippen LogP contribution in [0.15, 0.2) is 30.3 Å². The molecule has 0 N–H and O–H groups in total.